The molecule has 1 saturated heterocycles. The lowest BCUT2D eigenvalue weighted by Crippen LogP contribution is -2.41. The minimum Gasteiger partial charge on any atom is -0.372 e. The fourth-order valence-electron chi connectivity index (χ4n) is 2.17. The minimum atomic E-state index is 0.191. The van der Waals surface area contributed by atoms with E-state index in [4.69, 9.17) is 4.74 Å². The van der Waals surface area contributed by atoms with E-state index in [0.717, 1.165) is 19.6 Å². The van der Waals surface area contributed by atoms with Crippen molar-refractivity contribution in [2.45, 2.75) is 51.4 Å². The van der Waals surface area contributed by atoms with Crippen LogP contribution in [0, 0.1) is 0 Å². The molecule has 0 aromatic rings. The number of thioether (sulfide) groups is 1. The Balaban J connectivity index is 2.16. The first kappa shape index (κ1) is 16.3. The van der Waals surface area contributed by atoms with Gasteiger partial charge in [-0.1, -0.05) is 0 Å². The topological polar surface area (TPSA) is 24.5 Å². The number of hydrogen-bond acceptors (Lipinski definition) is 4. The van der Waals surface area contributed by atoms with Crippen LogP contribution < -0.4 is 5.32 Å². The Morgan fingerprint density at radius 2 is 1.94 bits per heavy atom. The fourth-order valence-corrected chi connectivity index (χ4v) is 2.66. The van der Waals surface area contributed by atoms with Gasteiger partial charge < -0.3 is 15.0 Å². The van der Waals surface area contributed by atoms with Crippen molar-refractivity contribution in [2.24, 2.45) is 0 Å². The van der Waals surface area contributed by atoms with Crippen LogP contribution in [0.5, 0.6) is 0 Å². The second-order valence-corrected chi connectivity index (χ2v) is 7.33. The molecule has 0 amide bonds. The second kappa shape index (κ2) is 7.73. The monoisotopic (exact) mass is 274 g/mol. The normalized spacial score (nSPS) is 25.0. The Morgan fingerprint density at radius 1 is 1.28 bits per heavy atom. The van der Waals surface area contributed by atoms with Crippen LogP contribution in [-0.2, 0) is 4.74 Å². The molecule has 0 saturated carbocycles. The Bertz CT molecular complexity index is 230. The first-order valence-corrected chi connectivity index (χ1v) is 8.38. The molecule has 0 aromatic heterocycles. The van der Waals surface area contributed by atoms with Gasteiger partial charge in [0.05, 0.1) is 12.2 Å². The average Bonchev–Trinajstić information content (AvgIpc) is 2.70. The third-order valence-electron chi connectivity index (χ3n) is 3.25. The third-order valence-corrected chi connectivity index (χ3v) is 3.84. The summed E-state index contributed by atoms with van der Waals surface area (Å²) in [4.78, 5) is 2.39. The molecule has 1 rings (SSSR count). The maximum absolute atomic E-state index is 6.10. The van der Waals surface area contributed by atoms with Gasteiger partial charge in [0.1, 0.15) is 0 Å². The molecule has 0 aromatic carbocycles. The van der Waals surface area contributed by atoms with Crippen molar-refractivity contribution in [2.75, 3.05) is 38.7 Å². The zero-order chi connectivity index (χ0) is 13.6. The summed E-state index contributed by atoms with van der Waals surface area (Å²) >= 11 is 1.91. The number of rotatable bonds is 7. The van der Waals surface area contributed by atoms with Crippen molar-refractivity contribution in [3.63, 3.8) is 0 Å². The number of ether oxygens (including phenoxy) is 1. The molecule has 1 N–H and O–H groups in total. The lowest BCUT2D eigenvalue weighted by Gasteiger charge is -2.24. The van der Waals surface area contributed by atoms with Crippen LogP contribution in [0.4, 0.5) is 0 Å². The minimum absolute atomic E-state index is 0.191. The molecular formula is C14H30N2OS. The van der Waals surface area contributed by atoms with E-state index >= 15 is 0 Å². The van der Waals surface area contributed by atoms with Gasteiger partial charge in [0.2, 0.25) is 0 Å². The number of nitrogens with zero attached hydrogens (tertiary/aromatic N) is 1. The maximum Gasteiger partial charge on any atom is 0.0707 e. The van der Waals surface area contributed by atoms with E-state index in [9.17, 15) is 0 Å². The van der Waals surface area contributed by atoms with Crippen LogP contribution in [0.3, 0.4) is 0 Å². The average molecular weight is 274 g/mol. The summed E-state index contributed by atoms with van der Waals surface area (Å²) in [5, 5.41) is 3.53. The van der Waals surface area contributed by atoms with E-state index in [0.29, 0.717) is 12.2 Å². The molecule has 2 atom stereocenters. The van der Waals surface area contributed by atoms with Crippen LogP contribution in [0.15, 0.2) is 0 Å². The maximum atomic E-state index is 6.10. The lowest BCUT2D eigenvalue weighted by atomic mass is 10.1. The predicted molar refractivity (Wildman–Crippen MR) is 81.5 cm³/mol. The van der Waals surface area contributed by atoms with E-state index in [2.05, 4.69) is 44.3 Å². The summed E-state index contributed by atoms with van der Waals surface area (Å²) in [5.41, 5.74) is 0.191. The summed E-state index contributed by atoms with van der Waals surface area (Å²) in [5.74, 6) is 1.21. The Morgan fingerprint density at radius 3 is 2.56 bits per heavy atom. The smallest absolute Gasteiger partial charge is 0.0707 e. The van der Waals surface area contributed by atoms with Crippen LogP contribution in [-0.4, -0.2) is 61.3 Å². The quantitative estimate of drug-likeness (QED) is 0.769. The summed E-state index contributed by atoms with van der Waals surface area (Å²) in [6.45, 7) is 9.83. The van der Waals surface area contributed by atoms with Crippen molar-refractivity contribution < 1.29 is 4.74 Å². The van der Waals surface area contributed by atoms with Crippen molar-refractivity contribution in [1.82, 2.24) is 10.2 Å². The van der Waals surface area contributed by atoms with Gasteiger partial charge in [-0.3, -0.25) is 0 Å². The molecule has 1 heterocycles. The van der Waals surface area contributed by atoms with Crippen molar-refractivity contribution in [3.8, 4) is 0 Å². The zero-order valence-electron chi connectivity index (χ0n) is 12.7. The molecule has 4 heteroatoms. The van der Waals surface area contributed by atoms with Crippen LogP contribution in [0.1, 0.15) is 33.6 Å². The van der Waals surface area contributed by atoms with Gasteiger partial charge in [0.15, 0.2) is 0 Å². The number of hydrogen-bond donors (Lipinski definition) is 1. The number of nitrogens with one attached hydrogen (secondary N) is 1. The molecule has 1 aliphatic heterocycles. The molecule has 18 heavy (non-hydrogen) atoms. The van der Waals surface area contributed by atoms with Gasteiger partial charge in [-0.15, -0.1) is 0 Å². The Labute approximate surface area is 117 Å². The zero-order valence-corrected chi connectivity index (χ0v) is 13.5. The summed E-state index contributed by atoms with van der Waals surface area (Å²) in [7, 11) is 2.19. The van der Waals surface area contributed by atoms with Gasteiger partial charge in [0.25, 0.3) is 0 Å². The highest BCUT2D eigenvalue weighted by Crippen LogP contribution is 2.20. The largest absolute Gasteiger partial charge is 0.372 e. The molecule has 0 aliphatic carbocycles. The summed E-state index contributed by atoms with van der Waals surface area (Å²) in [6, 6.07) is 0. The summed E-state index contributed by atoms with van der Waals surface area (Å²) < 4.78 is 6.10. The van der Waals surface area contributed by atoms with Gasteiger partial charge in [-0.25, -0.2) is 0 Å². The molecule has 3 nitrogen and oxygen atoms in total. The molecule has 0 bridgehead atoms. The highest BCUT2D eigenvalue weighted by atomic mass is 32.2. The molecule has 108 valence electrons. The van der Waals surface area contributed by atoms with Crippen molar-refractivity contribution >= 4 is 11.8 Å². The molecule has 1 fully saturated rings. The third kappa shape index (κ3) is 6.98. The van der Waals surface area contributed by atoms with E-state index in [1.54, 1.807) is 0 Å². The Hall–Kier alpha value is 0.230. The van der Waals surface area contributed by atoms with Crippen LogP contribution in [0.25, 0.3) is 0 Å². The van der Waals surface area contributed by atoms with Gasteiger partial charge in [-0.2, -0.15) is 11.8 Å². The first-order chi connectivity index (χ1) is 8.40. The standard InChI is InChI=1S/C14H30N2OS/c1-14(2,3)15-10-12-6-7-13(17-12)11-16(4)8-9-18-5/h12-13,15H,6-11H2,1-5H3. The molecular weight excluding hydrogens is 244 g/mol. The lowest BCUT2D eigenvalue weighted by molar-refractivity contribution is 0.0262. The fraction of sp³-hybridized carbons (Fsp3) is 1.00. The van der Waals surface area contributed by atoms with E-state index in [1.165, 1.54) is 18.6 Å². The second-order valence-electron chi connectivity index (χ2n) is 6.34. The highest BCUT2D eigenvalue weighted by molar-refractivity contribution is 7.98. The van der Waals surface area contributed by atoms with E-state index < -0.39 is 0 Å². The first-order valence-electron chi connectivity index (χ1n) is 6.98. The molecule has 0 spiro atoms. The SMILES string of the molecule is CSCCN(C)CC1CCC(CNC(C)(C)C)O1. The van der Waals surface area contributed by atoms with Gasteiger partial charge in [0, 0.05) is 30.9 Å². The van der Waals surface area contributed by atoms with Crippen LogP contribution >= 0.6 is 11.8 Å². The molecule has 1 aliphatic rings. The highest BCUT2D eigenvalue weighted by Gasteiger charge is 2.26. The number of likely N-dealkylation sites (N-methyl/N-ethyl adjacent to an activating group) is 1. The van der Waals surface area contributed by atoms with Crippen molar-refractivity contribution in [1.29, 1.82) is 0 Å². The van der Waals surface area contributed by atoms with E-state index in [-0.39, 0.29) is 5.54 Å². The molecule has 0 radical (unpaired) electrons. The van der Waals surface area contributed by atoms with E-state index in [1.807, 2.05) is 11.8 Å². The van der Waals surface area contributed by atoms with Crippen LogP contribution in [0.2, 0.25) is 0 Å². The van der Waals surface area contributed by atoms with Crippen molar-refractivity contribution in [3.05, 3.63) is 0 Å². The van der Waals surface area contributed by atoms with Gasteiger partial charge in [-0.05, 0) is 46.9 Å². The predicted octanol–water partition coefficient (Wildman–Crippen LogP) is 2.22. The van der Waals surface area contributed by atoms with Gasteiger partial charge >= 0.3 is 0 Å². The Kier molecular flexibility index (Phi) is 6.99. The summed E-state index contributed by atoms with van der Waals surface area (Å²) in [6.07, 6.45) is 5.41. The molecule has 2 unspecified atom stereocenters.